The Morgan fingerprint density at radius 1 is 1.30 bits per heavy atom. The third kappa shape index (κ3) is 4.38. The van der Waals surface area contributed by atoms with Gasteiger partial charge >= 0.3 is 6.09 Å². The first-order valence-corrected chi connectivity index (χ1v) is 8.91. The lowest BCUT2D eigenvalue weighted by Crippen LogP contribution is -2.62. The summed E-state index contributed by atoms with van der Waals surface area (Å²) in [6.07, 6.45) is 4.49. The summed E-state index contributed by atoms with van der Waals surface area (Å²) in [4.78, 5) is 14.4. The van der Waals surface area contributed by atoms with Crippen LogP contribution in [-0.4, -0.2) is 55.0 Å². The predicted molar refractivity (Wildman–Crippen MR) is 91.6 cm³/mol. The quantitative estimate of drug-likeness (QED) is 0.862. The number of nitrogens with zero attached hydrogens (tertiary/aromatic N) is 1. The maximum Gasteiger partial charge on any atom is 0.410 e. The monoisotopic (exact) mass is 326 g/mol. The van der Waals surface area contributed by atoms with Gasteiger partial charge < -0.3 is 19.7 Å². The van der Waals surface area contributed by atoms with E-state index in [4.69, 9.17) is 9.47 Å². The number of likely N-dealkylation sites (tertiary alicyclic amines) is 1. The van der Waals surface area contributed by atoms with Crippen molar-refractivity contribution >= 4 is 6.09 Å². The van der Waals surface area contributed by atoms with E-state index in [2.05, 4.69) is 19.2 Å². The molecule has 3 unspecified atom stereocenters. The molecule has 3 atom stereocenters. The number of amides is 1. The molecule has 134 valence electrons. The van der Waals surface area contributed by atoms with Gasteiger partial charge in [-0.1, -0.05) is 13.8 Å². The highest BCUT2D eigenvalue weighted by Gasteiger charge is 2.48. The number of nitrogens with one attached hydrogen (secondary N) is 1. The Bertz CT molecular complexity index is 417. The highest BCUT2D eigenvalue weighted by Crippen LogP contribution is 2.42. The fourth-order valence-corrected chi connectivity index (χ4v) is 3.68. The van der Waals surface area contributed by atoms with Gasteiger partial charge in [0.2, 0.25) is 0 Å². The molecule has 2 aliphatic rings. The van der Waals surface area contributed by atoms with E-state index in [9.17, 15) is 4.79 Å². The lowest BCUT2D eigenvalue weighted by molar-refractivity contribution is -0.0988. The van der Waals surface area contributed by atoms with Crippen molar-refractivity contribution in [1.29, 1.82) is 0 Å². The summed E-state index contributed by atoms with van der Waals surface area (Å²) in [6, 6.07) is 0.686. The van der Waals surface area contributed by atoms with Crippen molar-refractivity contribution < 1.29 is 14.3 Å². The van der Waals surface area contributed by atoms with Gasteiger partial charge in [0.15, 0.2) is 0 Å². The van der Waals surface area contributed by atoms with Crippen molar-refractivity contribution in [2.24, 2.45) is 5.41 Å². The Morgan fingerprint density at radius 2 is 2.00 bits per heavy atom. The minimum atomic E-state index is -0.436. The Kier molecular flexibility index (Phi) is 5.62. The van der Waals surface area contributed by atoms with Gasteiger partial charge in [0.1, 0.15) is 5.60 Å². The van der Waals surface area contributed by atoms with Crippen LogP contribution >= 0.6 is 0 Å². The highest BCUT2D eigenvalue weighted by molar-refractivity contribution is 5.68. The van der Waals surface area contributed by atoms with E-state index in [1.165, 1.54) is 6.42 Å². The lowest BCUT2D eigenvalue weighted by atomic mass is 9.64. The molecule has 0 aromatic heterocycles. The molecule has 1 heterocycles. The summed E-state index contributed by atoms with van der Waals surface area (Å²) < 4.78 is 11.1. The molecule has 1 N–H and O–H groups in total. The first kappa shape index (κ1) is 18.5. The van der Waals surface area contributed by atoms with Crippen LogP contribution in [0.25, 0.3) is 0 Å². The van der Waals surface area contributed by atoms with Gasteiger partial charge in [0, 0.05) is 37.7 Å². The van der Waals surface area contributed by atoms with Crippen molar-refractivity contribution in [3.8, 4) is 0 Å². The third-order valence-electron chi connectivity index (χ3n) is 5.32. The first-order chi connectivity index (χ1) is 10.6. The van der Waals surface area contributed by atoms with Crippen molar-refractivity contribution in [2.75, 3.05) is 20.2 Å². The second-order valence-corrected chi connectivity index (χ2v) is 8.57. The molecule has 0 aromatic rings. The van der Waals surface area contributed by atoms with Crippen LogP contribution in [0.15, 0.2) is 0 Å². The number of piperidine rings is 1. The topological polar surface area (TPSA) is 50.8 Å². The number of carbonyl (C=O) groups is 1. The summed E-state index contributed by atoms with van der Waals surface area (Å²) in [5.41, 5.74) is -0.283. The fraction of sp³-hybridized carbons (Fsp3) is 0.944. The third-order valence-corrected chi connectivity index (χ3v) is 5.32. The SMILES string of the molecule is COC1CC(NCC2CCCCN2C(=O)OC(C)(C)C)C1(C)C. The molecule has 1 aliphatic carbocycles. The predicted octanol–water partition coefficient (Wildman–Crippen LogP) is 3.18. The minimum absolute atomic E-state index is 0.153. The van der Waals surface area contributed by atoms with E-state index in [1.807, 2.05) is 25.7 Å². The number of methoxy groups -OCH3 is 1. The molecular weight excluding hydrogens is 292 g/mol. The average molecular weight is 326 g/mol. The number of ether oxygens (including phenoxy) is 2. The van der Waals surface area contributed by atoms with Gasteiger partial charge in [0.25, 0.3) is 0 Å². The molecular formula is C18H34N2O3. The molecule has 1 aliphatic heterocycles. The van der Waals surface area contributed by atoms with Crippen LogP contribution in [0.2, 0.25) is 0 Å². The van der Waals surface area contributed by atoms with E-state index < -0.39 is 5.60 Å². The molecule has 23 heavy (non-hydrogen) atoms. The van der Waals surface area contributed by atoms with Gasteiger partial charge in [-0.25, -0.2) is 4.79 Å². The van der Waals surface area contributed by atoms with E-state index in [0.717, 1.165) is 32.4 Å². The zero-order chi connectivity index (χ0) is 17.3. The number of rotatable bonds is 4. The van der Waals surface area contributed by atoms with Gasteiger partial charge in [0.05, 0.1) is 6.10 Å². The molecule has 2 rings (SSSR count). The van der Waals surface area contributed by atoms with Gasteiger partial charge in [-0.05, 0) is 46.5 Å². The largest absolute Gasteiger partial charge is 0.444 e. The second kappa shape index (κ2) is 6.98. The van der Waals surface area contributed by atoms with Crippen LogP contribution in [-0.2, 0) is 9.47 Å². The Balaban J connectivity index is 1.88. The molecule has 5 nitrogen and oxygen atoms in total. The molecule has 1 saturated carbocycles. The molecule has 0 bridgehead atoms. The van der Waals surface area contributed by atoms with Crippen LogP contribution < -0.4 is 5.32 Å². The Labute approximate surface area is 141 Å². The van der Waals surface area contributed by atoms with E-state index >= 15 is 0 Å². The highest BCUT2D eigenvalue weighted by atomic mass is 16.6. The maximum absolute atomic E-state index is 12.4. The van der Waals surface area contributed by atoms with Crippen molar-refractivity contribution in [3.05, 3.63) is 0 Å². The van der Waals surface area contributed by atoms with Gasteiger partial charge in [-0.15, -0.1) is 0 Å². The van der Waals surface area contributed by atoms with Crippen LogP contribution in [0.4, 0.5) is 4.79 Å². The fourth-order valence-electron chi connectivity index (χ4n) is 3.68. The van der Waals surface area contributed by atoms with Crippen LogP contribution in [0, 0.1) is 5.41 Å². The Morgan fingerprint density at radius 3 is 2.57 bits per heavy atom. The molecule has 1 saturated heterocycles. The smallest absolute Gasteiger partial charge is 0.410 e. The zero-order valence-corrected chi connectivity index (χ0v) is 15.6. The van der Waals surface area contributed by atoms with Crippen LogP contribution in [0.1, 0.15) is 60.3 Å². The summed E-state index contributed by atoms with van der Waals surface area (Å²) in [5.74, 6) is 0. The van der Waals surface area contributed by atoms with E-state index in [0.29, 0.717) is 12.1 Å². The number of hydrogen-bond acceptors (Lipinski definition) is 4. The maximum atomic E-state index is 12.4. The first-order valence-electron chi connectivity index (χ1n) is 8.91. The molecule has 5 heteroatoms. The van der Waals surface area contributed by atoms with Gasteiger partial charge in [-0.3, -0.25) is 0 Å². The summed E-state index contributed by atoms with van der Waals surface area (Å²) in [5, 5.41) is 3.66. The standard InChI is InChI=1S/C18H34N2O3/c1-17(2,3)23-16(21)20-10-8-7-9-13(20)12-19-14-11-15(22-6)18(14,4)5/h13-15,19H,7-12H2,1-6H3. The number of hydrogen-bond donors (Lipinski definition) is 1. The molecule has 0 aromatic carbocycles. The Hall–Kier alpha value is -0.810. The molecule has 0 radical (unpaired) electrons. The van der Waals surface area contributed by atoms with Crippen LogP contribution in [0.5, 0.6) is 0 Å². The van der Waals surface area contributed by atoms with Crippen molar-refractivity contribution in [3.63, 3.8) is 0 Å². The van der Waals surface area contributed by atoms with E-state index in [1.54, 1.807) is 7.11 Å². The minimum Gasteiger partial charge on any atom is -0.444 e. The van der Waals surface area contributed by atoms with E-state index in [-0.39, 0.29) is 17.6 Å². The normalized spacial score (nSPS) is 30.7. The van der Waals surface area contributed by atoms with Crippen molar-refractivity contribution in [1.82, 2.24) is 10.2 Å². The van der Waals surface area contributed by atoms with Gasteiger partial charge in [-0.2, -0.15) is 0 Å². The van der Waals surface area contributed by atoms with Crippen molar-refractivity contribution in [2.45, 2.75) is 84.1 Å². The molecule has 0 spiro atoms. The molecule has 2 fully saturated rings. The second-order valence-electron chi connectivity index (χ2n) is 8.57. The summed E-state index contributed by atoms with van der Waals surface area (Å²) in [6.45, 7) is 11.9. The van der Waals surface area contributed by atoms with Crippen LogP contribution in [0.3, 0.4) is 0 Å². The average Bonchev–Trinajstić information content (AvgIpc) is 2.45. The summed E-state index contributed by atoms with van der Waals surface area (Å²) >= 11 is 0. The number of carbonyl (C=O) groups excluding carboxylic acids is 1. The summed E-state index contributed by atoms with van der Waals surface area (Å²) in [7, 11) is 1.79. The lowest BCUT2D eigenvalue weighted by Gasteiger charge is -2.52. The molecule has 1 amide bonds. The zero-order valence-electron chi connectivity index (χ0n) is 15.6.